The normalized spacial score (nSPS) is 26.3. The Morgan fingerprint density at radius 1 is 1.33 bits per heavy atom. The molecule has 0 aromatic rings. The summed E-state index contributed by atoms with van der Waals surface area (Å²) in [6, 6.07) is 0. The quantitative estimate of drug-likeness (QED) is 0.692. The molecular formula is C15H30ClN3O2. The van der Waals surface area contributed by atoms with Crippen LogP contribution in [0.1, 0.15) is 39.0 Å². The Hall–Kier alpha value is -0.360. The molecule has 2 unspecified atom stereocenters. The van der Waals surface area contributed by atoms with Gasteiger partial charge in [-0.1, -0.05) is 0 Å². The highest BCUT2D eigenvalue weighted by atomic mass is 35.5. The highest BCUT2D eigenvalue weighted by Gasteiger charge is 2.22. The van der Waals surface area contributed by atoms with E-state index < -0.39 is 0 Å². The maximum Gasteiger partial charge on any atom is 0.220 e. The van der Waals surface area contributed by atoms with E-state index in [1.807, 2.05) is 0 Å². The molecule has 124 valence electrons. The lowest BCUT2D eigenvalue weighted by Gasteiger charge is -2.27. The summed E-state index contributed by atoms with van der Waals surface area (Å²) in [6.07, 6.45) is 5.44. The number of hydrogen-bond donors (Lipinski definition) is 2. The molecule has 2 N–H and O–H groups in total. The van der Waals surface area contributed by atoms with Gasteiger partial charge in [0.15, 0.2) is 0 Å². The van der Waals surface area contributed by atoms with Crippen molar-refractivity contribution in [2.75, 3.05) is 39.3 Å². The van der Waals surface area contributed by atoms with Gasteiger partial charge in [-0.25, -0.2) is 0 Å². The van der Waals surface area contributed by atoms with E-state index in [0.717, 1.165) is 65.0 Å². The van der Waals surface area contributed by atoms with Gasteiger partial charge in [-0.2, -0.15) is 0 Å². The van der Waals surface area contributed by atoms with Crippen LogP contribution in [0.4, 0.5) is 0 Å². The first-order chi connectivity index (χ1) is 9.74. The maximum atomic E-state index is 11.7. The molecule has 0 radical (unpaired) electrons. The number of carbonyl (C=O) groups excluding carboxylic acids is 1. The van der Waals surface area contributed by atoms with Crippen LogP contribution in [-0.4, -0.2) is 62.3 Å². The van der Waals surface area contributed by atoms with E-state index >= 15 is 0 Å². The number of nitrogens with one attached hydrogen (secondary N) is 2. The number of nitrogens with zero attached hydrogens (tertiary/aromatic N) is 1. The van der Waals surface area contributed by atoms with E-state index in [0.29, 0.717) is 18.6 Å². The van der Waals surface area contributed by atoms with E-state index in [4.69, 9.17) is 4.74 Å². The fourth-order valence-electron chi connectivity index (χ4n) is 2.94. The van der Waals surface area contributed by atoms with Crippen molar-refractivity contribution >= 4 is 18.3 Å². The number of piperazine rings is 1. The molecule has 2 rings (SSSR count). The Labute approximate surface area is 134 Å². The van der Waals surface area contributed by atoms with E-state index in [1.165, 1.54) is 0 Å². The molecule has 2 fully saturated rings. The van der Waals surface area contributed by atoms with E-state index in [9.17, 15) is 4.79 Å². The molecule has 2 heterocycles. The van der Waals surface area contributed by atoms with E-state index in [1.54, 1.807) is 0 Å². The van der Waals surface area contributed by atoms with Crippen LogP contribution in [0.5, 0.6) is 0 Å². The maximum absolute atomic E-state index is 11.7. The van der Waals surface area contributed by atoms with Crippen molar-refractivity contribution in [1.82, 2.24) is 15.5 Å². The van der Waals surface area contributed by atoms with Gasteiger partial charge < -0.3 is 20.3 Å². The van der Waals surface area contributed by atoms with Gasteiger partial charge in [0.25, 0.3) is 0 Å². The summed E-state index contributed by atoms with van der Waals surface area (Å²) in [5, 5.41) is 6.37. The van der Waals surface area contributed by atoms with Crippen LogP contribution in [0.2, 0.25) is 0 Å². The Balaban J connectivity index is 0.00000220. The summed E-state index contributed by atoms with van der Waals surface area (Å²) >= 11 is 0. The van der Waals surface area contributed by atoms with Crippen molar-refractivity contribution in [2.24, 2.45) is 0 Å². The molecule has 0 aromatic carbocycles. The topological polar surface area (TPSA) is 53.6 Å². The molecule has 2 aliphatic rings. The summed E-state index contributed by atoms with van der Waals surface area (Å²) in [6.45, 7) is 8.43. The number of halogens is 1. The second kappa shape index (κ2) is 10.4. The molecule has 0 aromatic heterocycles. The largest absolute Gasteiger partial charge is 0.375 e. The molecule has 5 nitrogen and oxygen atoms in total. The van der Waals surface area contributed by atoms with Gasteiger partial charge >= 0.3 is 0 Å². The number of rotatable bonds is 7. The third-order valence-electron chi connectivity index (χ3n) is 4.20. The minimum absolute atomic E-state index is 0. The van der Waals surface area contributed by atoms with Crippen molar-refractivity contribution in [3.8, 4) is 0 Å². The van der Waals surface area contributed by atoms with Crippen LogP contribution in [0.25, 0.3) is 0 Å². The predicted molar refractivity (Wildman–Crippen MR) is 87.0 cm³/mol. The van der Waals surface area contributed by atoms with Crippen molar-refractivity contribution in [1.29, 1.82) is 0 Å². The van der Waals surface area contributed by atoms with E-state index in [2.05, 4.69) is 22.5 Å². The lowest BCUT2D eigenvalue weighted by molar-refractivity contribution is -0.121. The Bertz CT molecular complexity index is 299. The third kappa shape index (κ3) is 7.45. The summed E-state index contributed by atoms with van der Waals surface area (Å²) in [4.78, 5) is 14.2. The van der Waals surface area contributed by atoms with Crippen molar-refractivity contribution in [3.63, 3.8) is 0 Å². The molecule has 2 saturated heterocycles. The first-order valence-corrected chi connectivity index (χ1v) is 8.09. The lowest BCUT2D eigenvalue weighted by atomic mass is 10.1. The van der Waals surface area contributed by atoms with Gasteiger partial charge in [-0.05, 0) is 39.2 Å². The fourth-order valence-corrected chi connectivity index (χ4v) is 2.94. The zero-order valence-corrected chi connectivity index (χ0v) is 13.9. The second-order valence-corrected chi connectivity index (χ2v) is 5.98. The van der Waals surface area contributed by atoms with Gasteiger partial charge in [-0.3, -0.25) is 4.79 Å². The molecule has 0 spiro atoms. The zero-order chi connectivity index (χ0) is 14.2. The summed E-state index contributed by atoms with van der Waals surface area (Å²) in [5.74, 6) is 0.175. The summed E-state index contributed by atoms with van der Waals surface area (Å²) in [7, 11) is 0. The highest BCUT2D eigenvalue weighted by Crippen LogP contribution is 2.22. The first-order valence-electron chi connectivity index (χ1n) is 8.09. The molecule has 6 heteroatoms. The Morgan fingerprint density at radius 2 is 2.10 bits per heavy atom. The fraction of sp³-hybridized carbons (Fsp3) is 0.933. The minimum atomic E-state index is 0. The van der Waals surface area contributed by atoms with Gasteiger partial charge in [0, 0.05) is 39.1 Å². The van der Waals surface area contributed by atoms with Crippen LogP contribution in [-0.2, 0) is 9.53 Å². The average molecular weight is 320 g/mol. The second-order valence-electron chi connectivity index (χ2n) is 5.98. The molecular weight excluding hydrogens is 290 g/mol. The number of hydrogen-bond acceptors (Lipinski definition) is 4. The molecule has 1 amide bonds. The van der Waals surface area contributed by atoms with Crippen molar-refractivity contribution in [2.45, 2.75) is 51.2 Å². The van der Waals surface area contributed by atoms with Crippen LogP contribution in [0.15, 0.2) is 0 Å². The number of carbonyl (C=O) groups is 1. The third-order valence-corrected chi connectivity index (χ3v) is 4.20. The predicted octanol–water partition coefficient (Wildman–Crippen LogP) is 1.17. The Morgan fingerprint density at radius 3 is 2.76 bits per heavy atom. The smallest absolute Gasteiger partial charge is 0.220 e. The van der Waals surface area contributed by atoms with Gasteiger partial charge in [-0.15, -0.1) is 12.4 Å². The summed E-state index contributed by atoms with van der Waals surface area (Å²) in [5.41, 5.74) is 0. The Kier molecular flexibility index (Phi) is 9.24. The molecule has 0 bridgehead atoms. The molecule has 21 heavy (non-hydrogen) atoms. The van der Waals surface area contributed by atoms with Crippen LogP contribution < -0.4 is 10.6 Å². The number of ether oxygens (including phenoxy) is 1. The molecule has 2 aliphatic heterocycles. The van der Waals surface area contributed by atoms with Gasteiger partial charge in [0.05, 0.1) is 12.2 Å². The molecule has 2 atom stereocenters. The van der Waals surface area contributed by atoms with Gasteiger partial charge in [0.1, 0.15) is 0 Å². The minimum Gasteiger partial charge on any atom is -0.375 e. The SMILES string of the molecule is CC1CCC(CCC(=O)NCCCN2CCNCC2)O1.Cl. The lowest BCUT2D eigenvalue weighted by Crippen LogP contribution is -2.44. The number of amides is 1. The van der Waals surface area contributed by atoms with E-state index in [-0.39, 0.29) is 18.3 Å². The monoisotopic (exact) mass is 319 g/mol. The van der Waals surface area contributed by atoms with Crippen LogP contribution in [0.3, 0.4) is 0 Å². The standard InChI is InChI=1S/C15H29N3O2.ClH/c1-13-3-4-14(20-13)5-6-15(19)17-7-2-10-18-11-8-16-9-12-18;/h13-14,16H,2-12H2,1H3,(H,17,19);1H. The zero-order valence-electron chi connectivity index (χ0n) is 13.1. The molecule has 0 saturated carbocycles. The van der Waals surface area contributed by atoms with Crippen LogP contribution >= 0.6 is 12.4 Å². The average Bonchev–Trinajstić information content (AvgIpc) is 2.88. The molecule has 0 aliphatic carbocycles. The first kappa shape index (κ1) is 18.7. The van der Waals surface area contributed by atoms with Crippen LogP contribution in [0, 0.1) is 0 Å². The van der Waals surface area contributed by atoms with Crippen molar-refractivity contribution < 1.29 is 9.53 Å². The highest BCUT2D eigenvalue weighted by molar-refractivity contribution is 5.85. The summed E-state index contributed by atoms with van der Waals surface area (Å²) < 4.78 is 5.72. The van der Waals surface area contributed by atoms with Gasteiger partial charge in [0.2, 0.25) is 5.91 Å². The van der Waals surface area contributed by atoms with Crippen molar-refractivity contribution in [3.05, 3.63) is 0 Å².